The molecular formula is C17H27N. The number of rotatable bonds is 4. The van der Waals surface area contributed by atoms with Crippen LogP contribution >= 0.6 is 0 Å². The van der Waals surface area contributed by atoms with Crippen molar-refractivity contribution in [3.8, 4) is 0 Å². The first-order valence-corrected chi connectivity index (χ1v) is 7.59. The topological polar surface area (TPSA) is 26.0 Å². The molecule has 0 bridgehead atoms. The Labute approximate surface area is 112 Å². The van der Waals surface area contributed by atoms with Crippen molar-refractivity contribution in [3.05, 3.63) is 35.9 Å². The molecule has 100 valence electrons. The first-order valence-electron chi connectivity index (χ1n) is 7.59. The van der Waals surface area contributed by atoms with E-state index in [9.17, 15) is 0 Å². The minimum Gasteiger partial charge on any atom is -0.330 e. The standard InChI is InChI=1S/C17H27N/c1-2-17(14-18,16-12-8-5-9-13-16)15-10-6-3-4-7-11-15/h5,8-9,12-13,15H,2-4,6-7,10-11,14,18H2,1H3. The van der Waals surface area contributed by atoms with Crippen molar-refractivity contribution in [2.75, 3.05) is 6.54 Å². The average molecular weight is 245 g/mol. The summed E-state index contributed by atoms with van der Waals surface area (Å²) in [6.45, 7) is 3.10. The summed E-state index contributed by atoms with van der Waals surface area (Å²) in [4.78, 5) is 0. The molecule has 1 unspecified atom stereocenters. The second-order valence-corrected chi connectivity index (χ2v) is 5.77. The van der Waals surface area contributed by atoms with Crippen molar-refractivity contribution in [3.63, 3.8) is 0 Å². The van der Waals surface area contributed by atoms with Crippen molar-refractivity contribution in [2.45, 2.75) is 57.3 Å². The molecule has 1 saturated carbocycles. The highest BCUT2D eigenvalue weighted by Crippen LogP contribution is 2.42. The van der Waals surface area contributed by atoms with E-state index < -0.39 is 0 Å². The second kappa shape index (κ2) is 6.38. The van der Waals surface area contributed by atoms with Gasteiger partial charge in [-0.15, -0.1) is 0 Å². The lowest BCUT2D eigenvalue weighted by molar-refractivity contribution is 0.237. The molecule has 0 aromatic heterocycles. The van der Waals surface area contributed by atoms with E-state index >= 15 is 0 Å². The molecule has 1 aliphatic rings. The van der Waals surface area contributed by atoms with Gasteiger partial charge in [-0.2, -0.15) is 0 Å². The van der Waals surface area contributed by atoms with Crippen LogP contribution in [0.2, 0.25) is 0 Å². The quantitative estimate of drug-likeness (QED) is 0.788. The summed E-state index contributed by atoms with van der Waals surface area (Å²) in [5.41, 5.74) is 7.91. The van der Waals surface area contributed by atoms with Gasteiger partial charge in [-0.1, -0.05) is 62.9 Å². The third-order valence-electron chi connectivity index (χ3n) is 4.98. The van der Waals surface area contributed by atoms with E-state index in [2.05, 4.69) is 37.3 Å². The number of benzene rings is 1. The maximum Gasteiger partial charge on any atom is 0.0101 e. The van der Waals surface area contributed by atoms with Gasteiger partial charge in [0.05, 0.1) is 0 Å². The van der Waals surface area contributed by atoms with Crippen LogP contribution in [-0.2, 0) is 5.41 Å². The summed E-state index contributed by atoms with van der Waals surface area (Å²) < 4.78 is 0. The lowest BCUT2D eigenvalue weighted by atomic mass is 9.66. The number of hydrogen-bond donors (Lipinski definition) is 1. The van der Waals surface area contributed by atoms with Crippen molar-refractivity contribution >= 4 is 0 Å². The second-order valence-electron chi connectivity index (χ2n) is 5.77. The average Bonchev–Trinajstić information content (AvgIpc) is 2.72. The normalized spacial score (nSPS) is 21.2. The zero-order valence-electron chi connectivity index (χ0n) is 11.7. The minimum absolute atomic E-state index is 0.214. The van der Waals surface area contributed by atoms with Crippen molar-refractivity contribution in [1.82, 2.24) is 0 Å². The van der Waals surface area contributed by atoms with Gasteiger partial charge in [0.1, 0.15) is 0 Å². The predicted octanol–water partition coefficient (Wildman–Crippen LogP) is 4.26. The smallest absolute Gasteiger partial charge is 0.0101 e. The summed E-state index contributed by atoms with van der Waals surface area (Å²) in [6.07, 6.45) is 9.49. The Balaban J connectivity index is 2.30. The fraction of sp³-hybridized carbons (Fsp3) is 0.647. The summed E-state index contributed by atoms with van der Waals surface area (Å²) in [5, 5.41) is 0. The van der Waals surface area contributed by atoms with Crippen LogP contribution in [0.4, 0.5) is 0 Å². The highest BCUT2D eigenvalue weighted by molar-refractivity contribution is 5.27. The van der Waals surface area contributed by atoms with Crippen LogP contribution in [-0.4, -0.2) is 6.54 Å². The predicted molar refractivity (Wildman–Crippen MR) is 78.7 cm³/mol. The van der Waals surface area contributed by atoms with Gasteiger partial charge in [-0.3, -0.25) is 0 Å². The molecule has 0 saturated heterocycles. The van der Waals surface area contributed by atoms with Gasteiger partial charge in [-0.25, -0.2) is 0 Å². The molecule has 1 aromatic carbocycles. The lowest BCUT2D eigenvalue weighted by Crippen LogP contribution is -2.41. The maximum absolute atomic E-state index is 6.23. The molecular weight excluding hydrogens is 218 g/mol. The molecule has 2 rings (SSSR count). The molecule has 1 aromatic rings. The molecule has 1 aliphatic carbocycles. The highest BCUT2D eigenvalue weighted by atomic mass is 14.6. The van der Waals surface area contributed by atoms with E-state index in [1.54, 1.807) is 0 Å². The Morgan fingerprint density at radius 2 is 1.67 bits per heavy atom. The largest absolute Gasteiger partial charge is 0.330 e. The van der Waals surface area contributed by atoms with Crippen LogP contribution in [0, 0.1) is 5.92 Å². The Hall–Kier alpha value is -0.820. The van der Waals surface area contributed by atoms with E-state index in [1.165, 1.54) is 44.1 Å². The van der Waals surface area contributed by atoms with Crippen molar-refractivity contribution in [1.29, 1.82) is 0 Å². The van der Waals surface area contributed by atoms with E-state index in [4.69, 9.17) is 5.73 Å². The molecule has 0 spiro atoms. The molecule has 0 amide bonds. The Morgan fingerprint density at radius 1 is 1.06 bits per heavy atom. The van der Waals surface area contributed by atoms with Gasteiger partial charge in [0, 0.05) is 12.0 Å². The number of nitrogens with two attached hydrogens (primary N) is 1. The molecule has 0 heterocycles. The van der Waals surface area contributed by atoms with Gasteiger partial charge in [-0.05, 0) is 30.7 Å². The first kappa shape index (κ1) is 13.6. The molecule has 0 radical (unpaired) electrons. The van der Waals surface area contributed by atoms with Crippen LogP contribution < -0.4 is 5.73 Å². The highest BCUT2D eigenvalue weighted by Gasteiger charge is 2.37. The summed E-state index contributed by atoms with van der Waals surface area (Å²) in [5.74, 6) is 0.775. The van der Waals surface area contributed by atoms with Crippen LogP contribution in [0.25, 0.3) is 0 Å². The van der Waals surface area contributed by atoms with Gasteiger partial charge >= 0.3 is 0 Å². The van der Waals surface area contributed by atoms with Crippen LogP contribution in [0.3, 0.4) is 0 Å². The fourth-order valence-electron chi connectivity index (χ4n) is 3.76. The SMILES string of the molecule is CCC(CN)(c1ccccc1)C1CCCCCC1. The van der Waals surface area contributed by atoms with E-state index in [0.29, 0.717) is 0 Å². The molecule has 1 heteroatoms. The van der Waals surface area contributed by atoms with E-state index in [1.807, 2.05) is 0 Å². The Bertz CT molecular complexity index is 332. The zero-order chi connectivity index (χ0) is 12.8. The molecule has 18 heavy (non-hydrogen) atoms. The van der Waals surface area contributed by atoms with Gasteiger partial charge in [0.15, 0.2) is 0 Å². The van der Waals surface area contributed by atoms with E-state index in [-0.39, 0.29) is 5.41 Å². The van der Waals surface area contributed by atoms with Crippen LogP contribution in [0.5, 0.6) is 0 Å². The third-order valence-corrected chi connectivity index (χ3v) is 4.98. The summed E-state index contributed by atoms with van der Waals surface area (Å²) in [6, 6.07) is 11.0. The third kappa shape index (κ3) is 2.61. The first-order chi connectivity index (χ1) is 8.83. The zero-order valence-corrected chi connectivity index (χ0v) is 11.7. The van der Waals surface area contributed by atoms with Gasteiger partial charge < -0.3 is 5.73 Å². The molecule has 1 fully saturated rings. The maximum atomic E-state index is 6.23. The van der Waals surface area contributed by atoms with Gasteiger partial charge in [0.25, 0.3) is 0 Å². The monoisotopic (exact) mass is 245 g/mol. The Kier molecular flexibility index (Phi) is 4.82. The lowest BCUT2D eigenvalue weighted by Gasteiger charge is -2.40. The molecule has 2 N–H and O–H groups in total. The van der Waals surface area contributed by atoms with Gasteiger partial charge in [0.2, 0.25) is 0 Å². The number of hydrogen-bond acceptors (Lipinski definition) is 1. The molecule has 1 nitrogen and oxygen atoms in total. The van der Waals surface area contributed by atoms with Crippen LogP contribution in [0.15, 0.2) is 30.3 Å². The molecule has 1 atom stereocenters. The van der Waals surface area contributed by atoms with Crippen LogP contribution in [0.1, 0.15) is 57.4 Å². The minimum atomic E-state index is 0.214. The summed E-state index contributed by atoms with van der Waals surface area (Å²) >= 11 is 0. The fourth-order valence-corrected chi connectivity index (χ4v) is 3.76. The van der Waals surface area contributed by atoms with Crippen molar-refractivity contribution < 1.29 is 0 Å². The summed E-state index contributed by atoms with van der Waals surface area (Å²) in [7, 11) is 0. The Morgan fingerprint density at radius 3 is 2.17 bits per heavy atom. The van der Waals surface area contributed by atoms with E-state index in [0.717, 1.165) is 18.9 Å². The van der Waals surface area contributed by atoms with Crippen molar-refractivity contribution in [2.24, 2.45) is 11.7 Å². The molecule has 0 aliphatic heterocycles.